The Hall–Kier alpha value is -2.08. The maximum Gasteiger partial charge on any atom is 0.260 e. The zero-order valence-electron chi connectivity index (χ0n) is 13.5. The summed E-state index contributed by atoms with van der Waals surface area (Å²) in [5, 5.41) is 3.31. The molecular weight excluding hydrogens is 294 g/mol. The molecule has 0 aliphatic carbocycles. The van der Waals surface area contributed by atoms with Crippen LogP contribution in [0.2, 0.25) is 0 Å². The molecule has 2 saturated heterocycles. The fraction of sp³-hybridized carbons (Fsp3) is 0.529. The maximum atomic E-state index is 12.2. The Morgan fingerprint density at radius 2 is 2.09 bits per heavy atom. The van der Waals surface area contributed by atoms with Gasteiger partial charge in [0.15, 0.2) is 6.61 Å². The lowest BCUT2D eigenvalue weighted by Crippen LogP contribution is -2.52. The van der Waals surface area contributed by atoms with Gasteiger partial charge in [-0.25, -0.2) is 0 Å². The van der Waals surface area contributed by atoms with Gasteiger partial charge in [0, 0.05) is 44.3 Å². The highest BCUT2D eigenvalue weighted by molar-refractivity contribution is 5.95. The van der Waals surface area contributed by atoms with Gasteiger partial charge in [-0.2, -0.15) is 0 Å². The van der Waals surface area contributed by atoms with Gasteiger partial charge in [0.1, 0.15) is 5.75 Å². The Labute approximate surface area is 136 Å². The SMILES string of the molecule is C[C@H]1CN(C(=O)COc2ccc(N3CCCC3=O)cc2)CCN1. The third-order valence-corrected chi connectivity index (χ3v) is 4.31. The van der Waals surface area contributed by atoms with E-state index in [4.69, 9.17) is 4.74 Å². The van der Waals surface area contributed by atoms with Crippen LogP contribution in [0.3, 0.4) is 0 Å². The zero-order valence-corrected chi connectivity index (χ0v) is 13.5. The Morgan fingerprint density at radius 1 is 1.30 bits per heavy atom. The van der Waals surface area contributed by atoms with E-state index in [9.17, 15) is 9.59 Å². The second-order valence-corrected chi connectivity index (χ2v) is 6.13. The molecule has 0 saturated carbocycles. The normalized spacial score (nSPS) is 21.6. The van der Waals surface area contributed by atoms with Crippen molar-refractivity contribution in [3.8, 4) is 5.75 Å². The number of benzene rings is 1. The van der Waals surface area contributed by atoms with Gasteiger partial charge in [-0.3, -0.25) is 9.59 Å². The Morgan fingerprint density at radius 3 is 2.74 bits per heavy atom. The number of carbonyl (C=O) groups excluding carboxylic acids is 2. The minimum atomic E-state index is 0.0112. The van der Waals surface area contributed by atoms with Crippen molar-refractivity contribution >= 4 is 17.5 Å². The second kappa shape index (κ2) is 7.00. The average molecular weight is 317 g/mol. The number of nitrogens with one attached hydrogen (secondary N) is 1. The summed E-state index contributed by atoms with van der Waals surface area (Å²) >= 11 is 0. The highest BCUT2D eigenvalue weighted by atomic mass is 16.5. The quantitative estimate of drug-likeness (QED) is 0.900. The predicted octanol–water partition coefficient (Wildman–Crippen LogP) is 1.01. The summed E-state index contributed by atoms with van der Waals surface area (Å²) < 4.78 is 5.59. The smallest absolute Gasteiger partial charge is 0.260 e. The van der Waals surface area contributed by atoms with E-state index in [1.807, 2.05) is 29.2 Å². The fourth-order valence-electron chi connectivity index (χ4n) is 3.04. The van der Waals surface area contributed by atoms with Gasteiger partial charge in [0.05, 0.1) is 0 Å². The van der Waals surface area contributed by atoms with Gasteiger partial charge in [0.2, 0.25) is 5.91 Å². The summed E-state index contributed by atoms with van der Waals surface area (Å²) in [5.41, 5.74) is 0.891. The number of rotatable bonds is 4. The highest BCUT2D eigenvalue weighted by Gasteiger charge is 2.22. The third-order valence-electron chi connectivity index (χ3n) is 4.31. The van der Waals surface area contributed by atoms with Crippen molar-refractivity contribution in [1.29, 1.82) is 0 Å². The van der Waals surface area contributed by atoms with E-state index >= 15 is 0 Å². The van der Waals surface area contributed by atoms with Crippen molar-refractivity contribution in [1.82, 2.24) is 10.2 Å². The van der Waals surface area contributed by atoms with Gasteiger partial charge in [0.25, 0.3) is 5.91 Å². The molecule has 1 N–H and O–H groups in total. The van der Waals surface area contributed by atoms with Crippen LogP contribution in [0.1, 0.15) is 19.8 Å². The Kier molecular flexibility index (Phi) is 4.81. The van der Waals surface area contributed by atoms with Gasteiger partial charge >= 0.3 is 0 Å². The van der Waals surface area contributed by atoms with E-state index in [-0.39, 0.29) is 18.4 Å². The summed E-state index contributed by atoms with van der Waals surface area (Å²) in [7, 11) is 0. The molecule has 3 rings (SSSR count). The van der Waals surface area contributed by atoms with Crippen LogP contribution in [-0.2, 0) is 9.59 Å². The van der Waals surface area contributed by atoms with Crippen molar-refractivity contribution < 1.29 is 14.3 Å². The van der Waals surface area contributed by atoms with Gasteiger partial charge in [-0.05, 0) is 37.6 Å². The van der Waals surface area contributed by atoms with Crippen LogP contribution in [0.25, 0.3) is 0 Å². The topological polar surface area (TPSA) is 61.9 Å². The number of hydrogen-bond acceptors (Lipinski definition) is 4. The molecule has 1 aromatic rings. The van der Waals surface area contributed by atoms with Crippen molar-refractivity contribution in [3.63, 3.8) is 0 Å². The molecule has 2 amide bonds. The molecule has 124 valence electrons. The standard InChI is InChI=1S/C17H23N3O3/c1-13-11-19(10-8-18-13)17(22)12-23-15-6-4-14(5-7-15)20-9-2-3-16(20)21/h4-7,13,18H,2-3,8-12H2,1H3/t13-/m0/s1. The van der Waals surface area contributed by atoms with Gasteiger partial charge in [-0.1, -0.05) is 0 Å². The minimum Gasteiger partial charge on any atom is -0.484 e. The predicted molar refractivity (Wildman–Crippen MR) is 87.6 cm³/mol. The van der Waals surface area contributed by atoms with E-state index in [0.29, 0.717) is 18.2 Å². The van der Waals surface area contributed by atoms with Crippen LogP contribution >= 0.6 is 0 Å². The molecule has 1 atom stereocenters. The fourth-order valence-corrected chi connectivity index (χ4v) is 3.04. The van der Waals surface area contributed by atoms with Crippen molar-refractivity contribution in [2.24, 2.45) is 0 Å². The van der Waals surface area contributed by atoms with Crippen molar-refractivity contribution in [2.75, 3.05) is 37.7 Å². The number of ether oxygens (including phenoxy) is 1. The summed E-state index contributed by atoms with van der Waals surface area (Å²) in [5.74, 6) is 0.829. The summed E-state index contributed by atoms with van der Waals surface area (Å²) in [4.78, 5) is 27.5. The van der Waals surface area contributed by atoms with Crippen LogP contribution in [0, 0.1) is 0 Å². The second-order valence-electron chi connectivity index (χ2n) is 6.13. The van der Waals surface area contributed by atoms with Crippen LogP contribution in [-0.4, -0.2) is 55.5 Å². The molecule has 0 unspecified atom stereocenters. The monoisotopic (exact) mass is 317 g/mol. The molecule has 0 radical (unpaired) electrons. The molecule has 2 aliphatic rings. The van der Waals surface area contributed by atoms with Gasteiger partial charge in [-0.15, -0.1) is 0 Å². The summed E-state index contributed by atoms with van der Waals surface area (Å²) in [6, 6.07) is 7.69. The first-order valence-corrected chi connectivity index (χ1v) is 8.18. The lowest BCUT2D eigenvalue weighted by molar-refractivity contribution is -0.134. The molecule has 1 aromatic carbocycles. The first-order valence-electron chi connectivity index (χ1n) is 8.18. The molecule has 0 aromatic heterocycles. The number of nitrogens with zero attached hydrogens (tertiary/aromatic N) is 2. The maximum absolute atomic E-state index is 12.2. The van der Waals surface area contributed by atoms with Crippen molar-refractivity contribution in [3.05, 3.63) is 24.3 Å². The van der Waals surface area contributed by atoms with E-state index in [1.165, 1.54) is 0 Å². The zero-order chi connectivity index (χ0) is 16.2. The average Bonchev–Trinajstić information content (AvgIpc) is 2.99. The third kappa shape index (κ3) is 3.82. The van der Waals surface area contributed by atoms with Crippen molar-refractivity contribution in [2.45, 2.75) is 25.8 Å². The molecule has 0 spiro atoms. The number of anilines is 1. The summed E-state index contributed by atoms with van der Waals surface area (Å²) in [6.45, 7) is 5.16. The van der Waals surface area contributed by atoms with E-state index < -0.39 is 0 Å². The lowest BCUT2D eigenvalue weighted by Gasteiger charge is -2.31. The van der Waals surface area contributed by atoms with Crippen LogP contribution in [0.5, 0.6) is 5.75 Å². The van der Waals surface area contributed by atoms with Crippen LogP contribution in [0.15, 0.2) is 24.3 Å². The summed E-state index contributed by atoms with van der Waals surface area (Å²) in [6.07, 6.45) is 1.53. The first kappa shape index (κ1) is 15.8. The lowest BCUT2D eigenvalue weighted by atomic mass is 10.2. The van der Waals surface area contributed by atoms with Crippen LogP contribution in [0.4, 0.5) is 5.69 Å². The molecule has 2 heterocycles. The first-order chi connectivity index (χ1) is 11.1. The highest BCUT2D eigenvalue weighted by Crippen LogP contribution is 2.23. The number of hydrogen-bond donors (Lipinski definition) is 1. The number of piperazine rings is 1. The molecule has 6 heteroatoms. The number of carbonyl (C=O) groups is 2. The molecule has 0 bridgehead atoms. The molecule has 2 fully saturated rings. The Balaban J connectivity index is 1.52. The Bertz CT molecular complexity index is 573. The van der Waals surface area contributed by atoms with Gasteiger partial charge < -0.3 is 19.9 Å². The molecule has 6 nitrogen and oxygen atoms in total. The molecule has 2 aliphatic heterocycles. The van der Waals surface area contributed by atoms with Crippen LogP contribution < -0.4 is 15.0 Å². The minimum absolute atomic E-state index is 0.0112. The van der Waals surface area contributed by atoms with E-state index in [1.54, 1.807) is 4.90 Å². The molecular formula is C17H23N3O3. The number of amides is 2. The largest absolute Gasteiger partial charge is 0.484 e. The van der Waals surface area contributed by atoms with E-state index in [2.05, 4.69) is 12.2 Å². The van der Waals surface area contributed by atoms with E-state index in [0.717, 1.165) is 38.3 Å². The molecule has 23 heavy (non-hydrogen) atoms.